The molecule has 0 amide bonds. The first kappa shape index (κ1) is 81.3. The monoisotopic (exact) mass is 1710 g/mol. The van der Waals surface area contributed by atoms with E-state index < -0.39 is 100 Å². The highest BCUT2D eigenvalue weighted by Gasteiger charge is 2.65. The van der Waals surface area contributed by atoms with Gasteiger partial charge in [-0.25, -0.2) is 19.2 Å². The van der Waals surface area contributed by atoms with Gasteiger partial charge in [-0.1, -0.05) is 72.8 Å². The number of aliphatic hydroxyl groups excluding tert-OH is 1. The van der Waals surface area contributed by atoms with Crippen LogP contribution in [0.5, 0.6) is 80.5 Å². The van der Waals surface area contributed by atoms with Crippen molar-refractivity contribution in [1.82, 2.24) is 30.2 Å². The lowest BCUT2D eigenvalue weighted by Gasteiger charge is -2.62. The molecule has 4 saturated heterocycles. The fourth-order valence-corrected chi connectivity index (χ4v) is 25.0. The van der Waals surface area contributed by atoms with E-state index in [4.69, 9.17) is 56.8 Å². The fraction of sp³-hybridized carbons (Fsp3) is 0.387. The molecule has 2 unspecified atom stereocenters. The van der Waals surface area contributed by atoms with Gasteiger partial charge in [-0.05, 0) is 160 Å². The van der Waals surface area contributed by atoms with Crippen LogP contribution in [0, 0.1) is 39.0 Å². The molecule has 30 heteroatoms. The fourth-order valence-electron chi connectivity index (χ4n) is 21.6. The molecule has 8 aromatic rings. The van der Waals surface area contributed by atoms with Crippen molar-refractivity contribution in [3.05, 3.63) is 209 Å². The van der Waals surface area contributed by atoms with Crippen molar-refractivity contribution >= 4 is 59.6 Å². The van der Waals surface area contributed by atoms with E-state index in [1.54, 1.807) is 36.4 Å². The van der Waals surface area contributed by atoms with Crippen molar-refractivity contribution in [3.63, 3.8) is 0 Å². The number of aryl methyl sites for hydroxylation is 2. The molecule has 0 radical (unpaired) electrons. The molecule has 8 aromatic carbocycles. The SMILES string of the molecule is COc1cc2c(cc1O)CCN[C@]21CS[C@@H]2c3c(OC(=O)/C=C/c4ccccc4)c(C)c4c(c3[C@H](COC1=O)N1C2[C@H]2c3c(cc(C)c(OC)c3O)C[C@@H]([C@@H]1C#N)N2C)OCO4.COc1cc2c(cc1O)CCN[C@]21CS[C@@H]2c3c(OC(=O)/C=C/c4ccccc4)c(C)c4c(c3[C@H](COC1=O)N1C2[C@H]2c3c(cc(C)c(OC)c3O)C[C@@H]([C@@H]1O)N2C)OCO4. The van der Waals surface area contributed by atoms with E-state index in [2.05, 4.69) is 31.4 Å². The zero-order valence-corrected chi connectivity index (χ0v) is 70.9. The van der Waals surface area contributed by atoms with Crippen LogP contribution >= 0.6 is 23.5 Å². The molecule has 638 valence electrons. The Bertz CT molecular complexity index is 5830. The highest BCUT2D eigenvalue weighted by Crippen LogP contribution is 2.68. The largest absolute Gasteiger partial charge is 0.504 e. The Labute approximate surface area is 718 Å². The second-order valence-electron chi connectivity index (χ2n) is 33.2. The van der Waals surface area contributed by atoms with Crippen LogP contribution in [0.1, 0.15) is 135 Å². The van der Waals surface area contributed by atoms with Gasteiger partial charge in [-0.2, -0.15) is 5.26 Å². The lowest BCUT2D eigenvalue weighted by molar-refractivity contribution is -0.186. The minimum Gasteiger partial charge on any atom is -0.504 e. The summed E-state index contributed by atoms with van der Waals surface area (Å²) >= 11 is 2.93. The molecule has 22 rings (SSSR count). The van der Waals surface area contributed by atoms with Crippen LogP contribution in [0.4, 0.5) is 0 Å². The average Bonchev–Trinajstić information content (AvgIpc) is 1.50. The van der Waals surface area contributed by atoms with Gasteiger partial charge < -0.3 is 82.4 Å². The van der Waals surface area contributed by atoms with Crippen molar-refractivity contribution in [2.75, 3.05) is 93.9 Å². The van der Waals surface area contributed by atoms with Crippen molar-refractivity contribution in [2.24, 2.45) is 0 Å². The summed E-state index contributed by atoms with van der Waals surface area (Å²) in [6.45, 7) is 7.71. The Kier molecular flexibility index (Phi) is 20.8. The van der Waals surface area contributed by atoms with Gasteiger partial charge in [0.05, 0.1) is 75.2 Å². The number of phenolic OH excluding ortho intramolecular Hbond substituents is 4. The summed E-state index contributed by atoms with van der Waals surface area (Å²) in [6, 6.07) is 27.0. The summed E-state index contributed by atoms with van der Waals surface area (Å²) in [5, 5.41) is 75.8. The van der Waals surface area contributed by atoms with Gasteiger partial charge in [0.2, 0.25) is 13.6 Å². The van der Waals surface area contributed by atoms with Crippen LogP contribution in [0.15, 0.2) is 109 Å². The van der Waals surface area contributed by atoms with E-state index in [1.807, 2.05) is 119 Å². The maximum absolute atomic E-state index is 14.9. The van der Waals surface area contributed by atoms with E-state index >= 15 is 0 Å². The van der Waals surface area contributed by atoms with Crippen LogP contribution in [-0.2, 0) is 65.4 Å². The Morgan fingerprint density at radius 1 is 0.528 bits per heavy atom. The summed E-state index contributed by atoms with van der Waals surface area (Å²) in [7, 11) is 9.95. The summed E-state index contributed by atoms with van der Waals surface area (Å²) in [5.74, 6) is 1.42. The van der Waals surface area contributed by atoms with Crippen molar-refractivity contribution in [2.45, 2.75) is 136 Å². The molecular weight excluding hydrogens is 1620 g/mol. The van der Waals surface area contributed by atoms with Crippen LogP contribution in [0.3, 0.4) is 0 Å². The second-order valence-corrected chi connectivity index (χ2v) is 35.4. The Balaban J connectivity index is 0.000000162. The molecule has 123 heavy (non-hydrogen) atoms. The third-order valence-electron chi connectivity index (χ3n) is 27.0. The number of phenols is 4. The Hall–Kier alpha value is -11.4. The van der Waals surface area contributed by atoms with Gasteiger partial charge in [0, 0.05) is 99.4 Å². The minimum absolute atomic E-state index is 0.0274. The van der Waals surface area contributed by atoms with Gasteiger partial charge in [0.25, 0.3) is 0 Å². The summed E-state index contributed by atoms with van der Waals surface area (Å²) in [5.41, 5.74) is 10.1. The van der Waals surface area contributed by atoms with E-state index in [0.29, 0.717) is 135 Å². The molecule has 8 bridgehead atoms. The number of hydrogen-bond acceptors (Lipinski definition) is 30. The molecule has 0 aromatic heterocycles. The van der Waals surface area contributed by atoms with E-state index in [1.165, 1.54) is 64.1 Å². The van der Waals surface area contributed by atoms with Gasteiger partial charge in [-0.15, -0.1) is 23.5 Å². The molecular formula is C93H93N7O21S2. The number of carbonyl (C=O) groups excluding carboxylic acids is 4. The standard InChI is InChI=1S/C47H46N4O10S.C46H47N3O11S/c1-23-15-27-16-29-30(19-48)51-31-20-58-46(55)47(28-18-33(56-4)32(52)17-26(28)13-14-49-47)21-62-45(39(51)38(50(29)3)35(27)40(54)41(23)57-5)37-36(31)44-43(59-22-60-44)24(2)42(37)61-34(53)12-11-25-9-7-6-8-10-25;1-22-15-26-16-28-44(53)49-29-19-57-45(54)46(27-18-31(55-4)30(50)17-25(27)13-14-47-46)20-61-43(37(49)36(48(28)3)33(26)38(52)39(22)56-5)35-34(29)42-41(58-21-59-42)23(2)40(35)60-32(51)12-11-24-9-7-6-8-10-24/h6-12,15,17-18,29-31,38-39,45,49,52,54H,13-14,16,20-22H2,1-5H3;6-12,15,17-18,28-29,36-37,43-44,47,50,52-53H,13-14,16,19-21H2,1-5H3/b2*12-11+/t29-,30-,31-,38+,39?,45+,47+;28-,29-,36+,37?,43+,44-,46+/m00/s1. The van der Waals surface area contributed by atoms with E-state index in [9.17, 15) is 50.0 Å². The quantitative estimate of drug-likeness (QED) is 0.0380. The molecule has 7 N–H and O–H groups in total. The molecule has 14 heterocycles. The first-order valence-corrected chi connectivity index (χ1v) is 43.1. The number of methoxy groups -OCH3 is 4. The van der Waals surface area contributed by atoms with Crippen molar-refractivity contribution < 1.29 is 102 Å². The number of carbonyl (C=O) groups is 4. The molecule has 14 atom stereocenters. The number of ether oxygens (including phenoxy) is 12. The molecule has 0 saturated carbocycles. The van der Waals surface area contributed by atoms with Gasteiger partial charge in [0.1, 0.15) is 37.0 Å². The van der Waals surface area contributed by atoms with Crippen molar-refractivity contribution in [3.8, 4) is 86.6 Å². The number of thioether (sulfide) groups is 2. The molecule has 2 spiro atoms. The van der Waals surface area contributed by atoms with Crippen LogP contribution in [-0.4, -0.2) is 199 Å². The second kappa shape index (κ2) is 31.4. The number of nitrogens with zero attached hydrogens (tertiary/aromatic N) is 5. The Morgan fingerprint density at radius 3 is 1.39 bits per heavy atom. The maximum atomic E-state index is 14.9. The topological polar surface area (TPSA) is 341 Å². The summed E-state index contributed by atoms with van der Waals surface area (Å²) in [6.07, 6.45) is 7.09. The lowest BCUT2D eigenvalue weighted by Crippen LogP contribution is -2.70. The van der Waals surface area contributed by atoms with E-state index in [-0.39, 0.29) is 84.6 Å². The van der Waals surface area contributed by atoms with Crippen LogP contribution in [0.2, 0.25) is 0 Å². The molecule has 0 aliphatic carbocycles. The number of benzene rings is 8. The molecule has 4 fully saturated rings. The zero-order chi connectivity index (χ0) is 85.7. The smallest absolute Gasteiger partial charge is 0.336 e. The number of aliphatic hydroxyl groups is 1. The van der Waals surface area contributed by atoms with E-state index in [0.717, 1.165) is 44.5 Å². The number of nitriles is 1. The average molecular weight is 1710 g/mol. The number of hydrogen-bond donors (Lipinski definition) is 7. The maximum Gasteiger partial charge on any atom is 0.336 e. The lowest BCUT2D eigenvalue weighted by atomic mass is 9.71. The predicted molar refractivity (Wildman–Crippen MR) is 452 cm³/mol. The molecule has 14 aliphatic heterocycles. The number of likely N-dealkylation sites (N-methyl/N-ethyl adjacent to an activating group) is 2. The van der Waals surface area contributed by atoms with Crippen molar-refractivity contribution in [1.29, 1.82) is 5.26 Å². The van der Waals surface area contributed by atoms with Crippen LogP contribution in [0.25, 0.3) is 12.2 Å². The number of nitrogens with one attached hydrogen (secondary N) is 2. The highest BCUT2D eigenvalue weighted by molar-refractivity contribution is 7.99. The third kappa shape index (κ3) is 12.7. The minimum atomic E-state index is -1.40. The number of fused-ring (bicyclic) bond motifs is 18. The van der Waals surface area contributed by atoms with Gasteiger partial charge in [0.15, 0.2) is 80.1 Å². The van der Waals surface area contributed by atoms with Gasteiger partial charge in [-0.3, -0.25) is 30.2 Å². The van der Waals surface area contributed by atoms with Gasteiger partial charge >= 0.3 is 23.9 Å². The third-order valence-corrected chi connectivity index (χ3v) is 30.0. The first-order chi connectivity index (χ1) is 59.5. The summed E-state index contributed by atoms with van der Waals surface area (Å²) in [4.78, 5) is 66.3. The number of piperazine rings is 2. The highest BCUT2D eigenvalue weighted by atomic mass is 32.2. The Morgan fingerprint density at radius 2 is 0.951 bits per heavy atom. The predicted octanol–water partition coefficient (Wildman–Crippen LogP) is 10.8. The first-order valence-electron chi connectivity index (χ1n) is 41.0. The number of esters is 4. The number of rotatable bonds is 10. The summed E-state index contributed by atoms with van der Waals surface area (Å²) < 4.78 is 73.4. The number of aromatic hydroxyl groups is 4. The zero-order valence-electron chi connectivity index (χ0n) is 69.3. The van der Waals surface area contributed by atoms with Crippen LogP contribution < -0.4 is 58.0 Å². The molecule has 28 nitrogen and oxygen atoms in total. The normalized spacial score (nSPS) is 27.3. The molecule has 14 aliphatic rings.